The highest BCUT2D eigenvalue weighted by Gasteiger charge is 2.15. The number of rotatable bonds is 5. The Labute approximate surface area is 122 Å². The first kappa shape index (κ1) is 14.8. The van der Waals surface area contributed by atoms with Crippen molar-refractivity contribution in [3.05, 3.63) is 58.6 Å². The van der Waals surface area contributed by atoms with Crippen molar-refractivity contribution in [3.8, 4) is 11.5 Å². The average molecular weight is 310 g/mol. The van der Waals surface area contributed by atoms with E-state index in [9.17, 15) is 18.5 Å². The molecule has 0 amide bonds. The van der Waals surface area contributed by atoms with Gasteiger partial charge in [0.25, 0.3) is 5.69 Å². The topological polar surface area (TPSA) is 98.5 Å². The Bertz CT molecular complexity index is 765. The summed E-state index contributed by atoms with van der Waals surface area (Å²) in [6, 6.07) is 12.2. The molecule has 0 aliphatic carbocycles. The Kier molecular flexibility index (Phi) is 4.08. The summed E-state index contributed by atoms with van der Waals surface area (Å²) in [6.45, 7) is 0. The Hall–Kier alpha value is -2.61. The zero-order valence-electron chi connectivity index (χ0n) is 11.0. The number of anilines is 1. The predicted octanol–water partition coefficient (Wildman–Crippen LogP) is 3.00. The van der Waals surface area contributed by atoms with Crippen molar-refractivity contribution in [2.45, 2.75) is 0 Å². The number of benzene rings is 2. The highest BCUT2D eigenvalue weighted by molar-refractivity contribution is 7.92. The number of hydrogen-bond donors (Lipinski definition) is 1. The number of sulfonamides is 1. The molecule has 2 rings (SSSR count). The molecule has 0 heterocycles. The smallest absolute Gasteiger partial charge is 0.273 e. The first-order chi connectivity index (χ1) is 9.85. The highest BCUT2D eigenvalue weighted by atomic mass is 32.2. The van der Waals surface area contributed by atoms with Crippen molar-refractivity contribution in [2.24, 2.45) is 0 Å². The summed E-state index contributed by atoms with van der Waals surface area (Å²) in [5.74, 6) is 0.496. The molecule has 0 aliphatic rings. The van der Waals surface area contributed by atoms with Gasteiger partial charge in [-0.15, -0.1) is 0 Å². The average Bonchev–Trinajstić information content (AvgIpc) is 2.40. The standard InChI is InChI=1S/C13H12N2O5S.H2/c1-21(18,19)14-12-8-7-10(15(16)17)9-13(12)20-11-5-3-2-4-6-11;/h2-9,14H,1H3;1H. The monoisotopic (exact) mass is 310 g/mol. The fourth-order valence-electron chi connectivity index (χ4n) is 1.61. The molecule has 112 valence electrons. The quantitative estimate of drug-likeness (QED) is 0.676. The molecule has 0 spiro atoms. The van der Waals surface area contributed by atoms with Gasteiger partial charge in [-0.25, -0.2) is 8.42 Å². The molecule has 0 saturated heterocycles. The molecule has 0 unspecified atom stereocenters. The van der Waals surface area contributed by atoms with Gasteiger partial charge in [-0.1, -0.05) is 18.2 Å². The van der Waals surface area contributed by atoms with Gasteiger partial charge in [-0.3, -0.25) is 14.8 Å². The van der Waals surface area contributed by atoms with Gasteiger partial charge in [-0.05, 0) is 18.2 Å². The minimum absolute atomic E-state index is 0. The van der Waals surface area contributed by atoms with E-state index in [1.165, 1.54) is 18.2 Å². The summed E-state index contributed by atoms with van der Waals surface area (Å²) >= 11 is 0. The van der Waals surface area contributed by atoms with Gasteiger partial charge in [0.1, 0.15) is 5.75 Å². The van der Waals surface area contributed by atoms with Crippen LogP contribution in [0, 0.1) is 10.1 Å². The van der Waals surface area contributed by atoms with Gasteiger partial charge in [0.2, 0.25) is 10.0 Å². The number of non-ortho nitro benzene ring substituents is 1. The number of nitro benzene ring substituents is 1. The molecule has 21 heavy (non-hydrogen) atoms. The predicted molar refractivity (Wildman–Crippen MR) is 80.2 cm³/mol. The largest absolute Gasteiger partial charge is 0.455 e. The zero-order chi connectivity index (χ0) is 15.5. The van der Waals surface area contributed by atoms with Crippen LogP contribution in [0.3, 0.4) is 0 Å². The summed E-state index contributed by atoms with van der Waals surface area (Å²) in [6.07, 6.45) is 0.987. The SMILES string of the molecule is CS(=O)(=O)Nc1ccc([N+](=O)[O-])cc1Oc1ccccc1.[HH]. The molecular formula is C13H14N2O5S. The van der Waals surface area contributed by atoms with Crippen LogP contribution in [0.5, 0.6) is 11.5 Å². The molecule has 1 N–H and O–H groups in total. The highest BCUT2D eigenvalue weighted by Crippen LogP contribution is 2.33. The van der Waals surface area contributed by atoms with Gasteiger partial charge in [0.05, 0.1) is 22.9 Å². The zero-order valence-corrected chi connectivity index (χ0v) is 11.8. The minimum Gasteiger partial charge on any atom is -0.455 e. The van der Waals surface area contributed by atoms with E-state index in [-0.39, 0.29) is 18.6 Å². The Morgan fingerprint density at radius 1 is 1.19 bits per heavy atom. The fourth-order valence-corrected chi connectivity index (χ4v) is 2.18. The molecule has 0 saturated carbocycles. The number of nitro groups is 1. The van der Waals surface area contributed by atoms with Crippen LogP contribution < -0.4 is 9.46 Å². The minimum atomic E-state index is -3.52. The summed E-state index contributed by atoms with van der Waals surface area (Å²) in [4.78, 5) is 10.2. The lowest BCUT2D eigenvalue weighted by Crippen LogP contribution is -2.10. The number of nitrogens with one attached hydrogen (secondary N) is 1. The van der Waals surface area contributed by atoms with E-state index < -0.39 is 14.9 Å². The van der Waals surface area contributed by atoms with Crippen LogP contribution in [0.2, 0.25) is 0 Å². The third-order valence-electron chi connectivity index (χ3n) is 2.44. The molecule has 2 aromatic rings. The van der Waals surface area contributed by atoms with E-state index in [2.05, 4.69) is 4.72 Å². The maximum atomic E-state index is 11.3. The second kappa shape index (κ2) is 5.80. The number of para-hydroxylation sites is 1. The molecule has 0 aliphatic heterocycles. The van der Waals surface area contributed by atoms with Gasteiger partial charge in [0, 0.05) is 7.49 Å². The maximum Gasteiger partial charge on any atom is 0.273 e. The van der Waals surface area contributed by atoms with Crippen LogP contribution in [0.15, 0.2) is 48.5 Å². The van der Waals surface area contributed by atoms with Crippen LogP contribution in [-0.2, 0) is 10.0 Å². The molecular weight excluding hydrogens is 296 g/mol. The number of nitrogens with zero attached hydrogens (tertiary/aromatic N) is 1. The van der Waals surface area contributed by atoms with E-state index in [1.807, 2.05) is 0 Å². The second-order valence-corrected chi connectivity index (χ2v) is 5.98. The molecule has 0 radical (unpaired) electrons. The van der Waals surface area contributed by atoms with Gasteiger partial charge < -0.3 is 4.74 Å². The Morgan fingerprint density at radius 3 is 2.43 bits per heavy atom. The van der Waals surface area contributed by atoms with Gasteiger partial charge in [-0.2, -0.15) is 0 Å². The van der Waals surface area contributed by atoms with Gasteiger partial charge in [0.15, 0.2) is 5.75 Å². The van der Waals surface area contributed by atoms with E-state index in [1.54, 1.807) is 30.3 Å². The van der Waals surface area contributed by atoms with Crippen molar-refractivity contribution in [1.29, 1.82) is 0 Å². The van der Waals surface area contributed by atoms with Gasteiger partial charge >= 0.3 is 0 Å². The summed E-state index contributed by atoms with van der Waals surface area (Å²) < 4.78 is 30.4. The maximum absolute atomic E-state index is 11.3. The Morgan fingerprint density at radius 2 is 1.86 bits per heavy atom. The first-order valence-electron chi connectivity index (χ1n) is 5.84. The second-order valence-electron chi connectivity index (χ2n) is 4.23. The molecule has 0 bridgehead atoms. The molecule has 0 aromatic heterocycles. The van der Waals surface area contributed by atoms with Crippen LogP contribution >= 0.6 is 0 Å². The van der Waals surface area contributed by atoms with Crippen LogP contribution in [0.1, 0.15) is 1.43 Å². The third-order valence-corrected chi connectivity index (χ3v) is 3.03. The molecule has 2 aromatic carbocycles. The lowest BCUT2D eigenvalue weighted by molar-refractivity contribution is -0.384. The van der Waals surface area contributed by atoms with E-state index in [0.717, 1.165) is 6.26 Å². The molecule has 0 fully saturated rings. The third kappa shape index (κ3) is 4.18. The lowest BCUT2D eigenvalue weighted by Gasteiger charge is -2.11. The first-order valence-corrected chi connectivity index (χ1v) is 7.73. The summed E-state index contributed by atoms with van der Waals surface area (Å²) in [5.41, 5.74) is -0.0630. The normalized spacial score (nSPS) is 10.9. The van der Waals surface area contributed by atoms with E-state index in [0.29, 0.717) is 5.75 Å². The van der Waals surface area contributed by atoms with Crippen LogP contribution in [0.25, 0.3) is 0 Å². The summed E-state index contributed by atoms with van der Waals surface area (Å²) in [7, 11) is -3.52. The van der Waals surface area contributed by atoms with Crippen molar-refractivity contribution >= 4 is 21.4 Å². The van der Waals surface area contributed by atoms with E-state index in [4.69, 9.17) is 4.74 Å². The molecule has 8 heteroatoms. The summed E-state index contributed by atoms with van der Waals surface area (Å²) in [5, 5.41) is 10.8. The van der Waals surface area contributed by atoms with Crippen molar-refractivity contribution in [2.75, 3.05) is 11.0 Å². The van der Waals surface area contributed by atoms with Crippen molar-refractivity contribution in [1.82, 2.24) is 0 Å². The molecule has 0 atom stereocenters. The van der Waals surface area contributed by atoms with Crippen molar-refractivity contribution < 1.29 is 19.5 Å². The van der Waals surface area contributed by atoms with Crippen molar-refractivity contribution in [3.63, 3.8) is 0 Å². The number of hydrogen-bond acceptors (Lipinski definition) is 5. The Balaban J connectivity index is 0.00000242. The van der Waals surface area contributed by atoms with Crippen LogP contribution in [-0.4, -0.2) is 19.6 Å². The fraction of sp³-hybridized carbons (Fsp3) is 0.0769. The number of ether oxygens (including phenoxy) is 1. The van der Waals surface area contributed by atoms with Crippen LogP contribution in [0.4, 0.5) is 11.4 Å². The lowest BCUT2D eigenvalue weighted by atomic mass is 10.2. The molecule has 7 nitrogen and oxygen atoms in total. The van der Waals surface area contributed by atoms with E-state index >= 15 is 0 Å².